The molecule has 1 amide bonds. The molecule has 1 aromatic heterocycles. The van der Waals surface area contributed by atoms with Gasteiger partial charge < -0.3 is 14.6 Å². The molecular weight excluding hydrogens is 331 g/mol. The van der Waals surface area contributed by atoms with Crippen molar-refractivity contribution in [2.45, 2.75) is 24.1 Å². The fraction of sp³-hybridized carbons (Fsp3) is 0.438. The van der Waals surface area contributed by atoms with Gasteiger partial charge in [-0.05, 0) is 25.0 Å². The van der Waals surface area contributed by atoms with Crippen molar-refractivity contribution in [1.82, 2.24) is 20.1 Å². The largest absolute Gasteiger partial charge is 0.376 e. The van der Waals surface area contributed by atoms with Crippen LogP contribution in [0.3, 0.4) is 0 Å². The standard InChI is InChI=1S/C16H19FN4O2S/c1-21-15(12-6-2-3-7-13(12)17)19-20-16(21)24-10-14(22)18-9-11-5-4-8-23-11/h2-3,6-7,11H,4-5,8-10H2,1H3,(H,18,22). The lowest BCUT2D eigenvalue weighted by atomic mass is 10.2. The number of amides is 1. The number of nitrogens with zero attached hydrogens (tertiary/aromatic N) is 3. The number of ether oxygens (including phenoxy) is 1. The summed E-state index contributed by atoms with van der Waals surface area (Å²) < 4.78 is 21.0. The molecule has 1 aliphatic heterocycles. The topological polar surface area (TPSA) is 69.0 Å². The molecule has 24 heavy (non-hydrogen) atoms. The Bertz CT molecular complexity index is 716. The van der Waals surface area contributed by atoms with E-state index in [0.717, 1.165) is 19.4 Å². The number of carbonyl (C=O) groups is 1. The van der Waals surface area contributed by atoms with Gasteiger partial charge in [0.15, 0.2) is 11.0 Å². The second kappa shape index (κ2) is 7.76. The summed E-state index contributed by atoms with van der Waals surface area (Å²) in [7, 11) is 1.76. The molecule has 3 rings (SSSR count). The Labute approximate surface area is 143 Å². The molecule has 6 nitrogen and oxygen atoms in total. The third kappa shape index (κ3) is 3.93. The number of nitrogens with one attached hydrogen (secondary N) is 1. The van der Waals surface area contributed by atoms with Crippen LogP contribution in [0.25, 0.3) is 11.4 Å². The monoisotopic (exact) mass is 350 g/mol. The smallest absolute Gasteiger partial charge is 0.230 e. The number of halogens is 1. The van der Waals surface area contributed by atoms with Crippen LogP contribution in [0.15, 0.2) is 29.4 Å². The molecule has 0 bridgehead atoms. The van der Waals surface area contributed by atoms with Crippen LogP contribution in [-0.4, -0.2) is 45.7 Å². The Morgan fingerprint density at radius 1 is 1.46 bits per heavy atom. The summed E-state index contributed by atoms with van der Waals surface area (Å²) in [6, 6.07) is 6.42. The van der Waals surface area contributed by atoms with Gasteiger partial charge in [-0.3, -0.25) is 4.79 Å². The van der Waals surface area contributed by atoms with Crippen LogP contribution in [-0.2, 0) is 16.6 Å². The van der Waals surface area contributed by atoms with Crippen LogP contribution in [0.2, 0.25) is 0 Å². The van der Waals surface area contributed by atoms with E-state index in [-0.39, 0.29) is 23.6 Å². The van der Waals surface area contributed by atoms with Gasteiger partial charge in [-0.1, -0.05) is 23.9 Å². The van der Waals surface area contributed by atoms with Crippen LogP contribution in [0.5, 0.6) is 0 Å². The van der Waals surface area contributed by atoms with E-state index in [2.05, 4.69) is 15.5 Å². The summed E-state index contributed by atoms with van der Waals surface area (Å²) in [5.41, 5.74) is 0.391. The summed E-state index contributed by atoms with van der Waals surface area (Å²) in [6.45, 7) is 1.31. The third-order valence-corrected chi connectivity index (χ3v) is 4.85. The zero-order valence-corrected chi connectivity index (χ0v) is 14.2. The SMILES string of the molecule is Cn1c(SCC(=O)NCC2CCCO2)nnc1-c1ccccc1F. The van der Waals surface area contributed by atoms with Gasteiger partial charge in [0.1, 0.15) is 5.82 Å². The molecule has 2 heterocycles. The first kappa shape index (κ1) is 16.9. The molecule has 0 spiro atoms. The Hall–Kier alpha value is -1.93. The van der Waals surface area contributed by atoms with Crippen LogP contribution >= 0.6 is 11.8 Å². The van der Waals surface area contributed by atoms with Gasteiger partial charge in [-0.2, -0.15) is 0 Å². The molecule has 0 aliphatic carbocycles. The van der Waals surface area contributed by atoms with Crippen LogP contribution in [0.1, 0.15) is 12.8 Å². The predicted octanol–water partition coefficient (Wildman–Crippen LogP) is 2.01. The summed E-state index contributed by atoms with van der Waals surface area (Å²) in [5, 5.41) is 11.5. The number of rotatable bonds is 6. The fourth-order valence-corrected chi connectivity index (χ4v) is 3.27. The highest BCUT2D eigenvalue weighted by molar-refractivity contribution is 7.99. The predicted molar refractivity (Wildman–Crippen MR) is 89.1 cm³/mol. The van der Waals surface area contributed by atoms with E-state index in [4.69, 9.17) is 4.74 Å². The molecule has 8 heteroatoms. The molecule has 128 valence electrons. The number of hydrogen-bond acceptors (Lipinski definition) is 5. The van der Waals surface area contributed by atoms with Crippen LogP contribution in [0, 0.1) is 5.82 Å². The van der Waals surface area contributed by atoms with Crippen molar-refractivity contribution in [2.24, 2.45) is 7.05 Å². The van der Waals surface area contributed by atoms with E-state index in [1.807, 2.05) is 0 Å². The van der Waals surface area contributed by atoms with E-state index >= 15 is 0 Å². The van der Waals surface area contributed by atoms with Crippen molar-refractivity contribution < 1.29 is 13.9 Å². The minimum atomic E-state index is -0.348. The summed E-state index contributed by atoms with van der Waals surface area (Å²) in [6.07, 6.45) is 2.16. The zero-order chi connectivity index (χ0) is 16.9. The number of aromatic nitrogens is 3. The van der Waals surface area contributed by atoms with Crippen LogP contribution < -0.4 is 5.32 Å². The summed E-state index contributed by atoms with van der Waals surface area (Å²) >= 11 is 1.27. The van der Waals surface area contributed by atoms with Gasteiger partial charge in [-0.15, -0.1) is 10.2 Å². The minimum Gasteiger partial charge on any atom is -0.376 e. The van der Waals surface area contributed by atoms with Crippen molar-refractivity contribution in [3.8, 4) is 11.4 Å². The van der Waals surface area contributed by atoms with Gasteiger partial charge in [0, 0.05) is 20.2 Å². The van der Waals surface area contributed by atoms with E-state index < -0.39 is 0 Å². The van der Waals surface area contributed by atoms with Gasteiger partial charge in [0.05, 0.1) is 17.4 Å². The molecule has 1 aliphatic rings. The summed E-state index contributed by atoms with van der Waals surface area (Å²) in [5.74, 6) is 0.246. The van der Waals surface area contributed by atoms with Crippen LogP contribution in [0.4, 0.5) is 4.39 Å². The van der Waals surface area contributed by atoms with Gasteiger partial charge in [-0.25, -0.2) is 4.39 Å². The highest BCUT2D eigenvalue weighted by atomic mass is 32.2. The van der Waals surface area contributed by atoms with Gasteiger partial charge >= 0.3 is 0 Å². The Kier molecular flexibility index (Phi) is 5.47. The molecule has 0 saturated carbocycles. The minimum absolute atomic E-state index is 0.0778. The lowest BCUT2D eigenvalue weighted by Crippen LogP contribution is -2.32. The highest BCUT2D eigenvalue weighted by Gasteiger charge is 2.18. The van der Waals surface area contributed by atoms with E-state index in [1.165, 1.54) is 17.8 Å². The summed E-state index contributed by atoms with van der Waals surface area (Å²) in [4.78, 5) is 11.9. The Morgan fingerprint density at radius 2 is 2.29 bits per heavy atom. The Morgan fingerprint density at radius 3 is 3.04 bits per heavy atom. The lowest BCUT2D eigenvalue weighted by Gasteiger charge is -2.10. The maximum Gasteiger partial charge on any atom is 0.230 e. The number of thioether (sulfide) groups is 1. The third-order valence-electron chi connectivity index (χ3n) is 3.83. The molecule has 0 radical (unpaired) electrons. The quantitative estimate of drug-likeness (QED) is 0.807. The number of hydrogen-bond donors (Lipinski definition) is 1. The average Bonchev–Trinajstić information content (AvgIpc) is 3.22. The van der Waals surface area contributed by atoms with E-state index in [0.29, 0.717) is 23.1 Å². The number of benzene rings is 1. The first-order chi connectivity index (χ1) is 11.6. The molecule has 1 fully saturated rings. The van der Waals surface area contributed by atoms with E-state index in [1.54, 1.807) is 29.8 Å². The van der Waals surface area contributed by atoms with Crippen molar-refractivity contribution in [3.05, 3.63) is 30.1 Å². The maximum atomic E-state index is 13.9. The number of carbonyl (C=O) groups excluding carboxylic acids is 1. The highest BCUT2D eigenvalue weighted by Crippen LogP contribution is 2.24. The fourth-order valence-electron chi connectivity index (χ4n) is 2.53. The zero-order valence-electron chi connectivity index (χ0n) is 13.4. The molecule has 2 aromatic rings. The average molecular weight is 350 g/mol. The molecule has 1 N–H and O–H groups in total. The van der Waals surface area contributed by atoms with Gasteiger partial charge in [0.25, 0.3) is 0 Å². The normalized spacial score (nSPS) is 17.2. The molecule has 1 unspecified atom stereocenters. The van der Waals surface area contributed by atoms with Gasteiger partial charge in [0.2, 0.25) is 5.91 Å². The molecule has 1 atom stereocenters. The van der Waals surface area contributed by atoms with Crippen molar-refractivity contribution in [3.63, 3.8) is 0 Å². The first-order valence-corrected chi connectivity index (χ1v) is 8.79. The second-order valence-electron chi connectivity index (χ2n) is 5.57. The van der Waals surface area contributed by atoms with Crippen molar-refractivity contribution in [2.75, 3.05) is 18.9 Å². The molecule has 1 aromatic carbocycles. The Balaban J connectivity index is 1.56. The lowest BCUT2D eigenvalue weighted by molar-refractivity contribution is -0.119. The van der Waals surface area contributed by atoms with E-state index in [9.17, 15) is 9.18 Å². The molecular formula is C16H19FN4O2S. The maximum absolute atomic E-state index is 13.9. The first-order valence-electron chi connectivity index (χ1n) is 7.80. The van der Waals surface area contributed by atoms with Crippen molar-refractivity contribution >= 4 is 17.7 Å². The second-order valence-corrected chi connectivity index (χ2v) is 6.52. The van der Waals surface area contributed by atoms with Crippen molar-refractivity contribution in [1.29, 1.82) is 0 Å². The molecule has 1 saturated heterocycles.